The third kappa shape index (κ3) is 3.46. The van der Waals surface area contributed by atoms with Crippen LogP contribution in [0.15, 0.2) is 34.8 Å². The molecular weight excluding hydrogens is 332 g/mol. The Hall–Kier alpha value is -2.11. The molecule has 1 amide bonds. The first-order valence-electron chi connectivity index (χ1n) is 7.10. The van der Waals surface area contributed by atoms with Gasteiger partial charge in [-0.25, -0.2) is 4.98 Å². The Labute approximate surface area is 142 Å². The predicted molar refractivity (Wildman–Crippen MR) is 93.7 cm³/mol. The highest BCUT2D eigenvalue weighted by atomic mass is 35.5. The molecule has 0 bridgehead atoms. The molecule has 0 radical (unpaired) electrons. The molecule has 0 atom stereocenters. The van der Waals surface area contributed by atoms with Crippen molar-refractivity contribution in [3.63, 3.8) is 0 Å². The summed E-state index contributed by atoms with van der Waals surface area (Å²) in [6, 6.07) is 7.90. The van der Waals surface area contributed by atoms with Gasteiger partial charge in [-0.1, -0.05) is 29.8 Å². The highest BCUT2D eigenvalue weighted by Gasteiger charge is 2.08. The zero-order valence-electron chi connectivity index (χ0n) is 12.7. The number of nitrogens with zero attached hydrogens (tertiary/aromatic N) is 1. The van der Waals surface area contributed by atoms with Gasteiger partial charge in [-0.2, -0.15) is 0 Å². The Morgan fingerprint density at radius 1 is 1.39 bits per heavy atom. The zero-order chi connectivity index (χ0) is 16.4. The molecule has 0 aliphatic heterocycles. The average molecular weight is 347 g/mol. The molecule has 0 spiro atoms. The van der Waals surface area contributed by atoms with Gasteiger partial charge in [0.2, 0.25) is 11.8 Å². The number of carbonyl (C=O) groups excluding carboxylic acids is 1. The van der Waals surface area contributed by atoms with Gasteiger partial charge in [-0.05, 0) is 26.0 Å². The number of hydrogen-bond acceptors (Lipinski definition) is 4. The first kappa shape index (κ1) is 15.8. The van der Waals surface area contributed by atoms with Crippen molar-refractivity contribution in [2.75, 3.05) is 0 Å². The van der Waals surface area contributed by atoms with Gasteiger partial charge in [0.15, 0.2) is 0 Å². The van der Waals surface area contributed by atoms with Crippen LogP contribution in [-0.4, -0.2) is 10.9 Å². The summed E-state index contributed by atoms with van der Waals surface area (Å²) in [6.07, 6.45) is 3.20. The fourth-order valence-corrected chi connectivity index (χ4v) is 3.53. The lowest BCUT2D eigenvalue weighted by atomic mass is 10.2. The van der Waals surface area contributed by atoms with Crippen LogP contribution in [0, 0.1) is 13.8 Å². The molecule has 2 heterocycles. The highest BCUT2D eigenvalue weighted by molar-refractivity contribution is 7.20. The number of benzene rings is 1. The van der Waals surface area contributed by atoms with E-state index in [-0.39, 0.29) is 12.5 Å². The number of halogens is 1. The third-order valence-corrected chi connectivity index (χ3v) is 5.09. The molecule has 6 heteroatoms. The van der Waals surface area contributed by atoms with Gasteiger partial charge < -0.3 is 9.73 Å². The summed E-state index contributed by atoms with van der Waals surface area (Å²) in [5.41, 5.74) is 0.835. The lowest BCUT2D eigenvalue weighted by Gasteiger charge is -1.97. The first-order chi connectivity index (χ1) is 11.0. The van der Waals surface area contributed by atoms with E-state index in [0.717, 1.165) is 26.4 Å². The number of rotatable bonds is 4. The van der Waals surface area contributed by atoms with Crippen LogP contribution in [0.2, 0.25) is 5.02 Å². The maximum atomic E-state index is 11.9. The summed E-state index contributed by atoms with van der Waals surface area (Å²) in [7, 11) is 0. The fraction of sp³-hybridized carbons (Fsp3) is 0.176. The Bertz CT molecular complexity index is 876. The smallest absolute Gasteiger partial charge is 0.244 e. The molecule has 4 nitrogen and oxygen atoms in total. The Kier molecular flexibility index (Phi) is 4.50. The molecule has 0 aliphatic rings. The summed E-state index contributed by atoms with van der Waals surface area (Å²) in [6.45, 7) is 3.97. The van der Waals surface area contributed by atoms with Gasteiger partial charge >= 0.3 is 0 Å². The molecule has 0 aliphatic carbocycles. The van der Waals surface area contributed by atoms with Crippen molar-refractivity contribution in [3.05, 3.63) is 57.6 Å². The minimum absolute atomic E-state index is 0.216. The van der Waals surface area contributed by atoms with Crippen molar-refractivity contribution in [2.24, 2.45) is 0 Å². The van der Waals surface area contributed by atoms with E-state index >= 15 is 0 Å². The van der Waals surface area contributed by atoms with Crippen LogP contribution in [0.3, 0.4) is 0 Å². The molecule has 0 unspecified atom stereocenters. The van der Waals surface area contributed by atoms with E-state index in [1.165, 1.54) is 6.08 Å². The Morgan fingerprint density at radius 2 is 2.17 bits per heavy atom. The molecule has 3 aromatic rings. The average Bonchev–Trinajstić information content (AvgIpc) is 3.04. The molecule has 3 rings (SSSR count). The molecule has 1 aromatic carbocycles. The zero-order valence-corrected chi connectivity index (χ0v) is 14.3. The minimum Gasteiger partial charge on any atom is -0.444 e. The van der Waals surface area contributed by atoms with E-state index in [1.54, 1.807) is 17.4 Å². The largest absolute Gasteiger partial charge is 0.444 e. The SMILES string of the molecule is Cc1nc(CNC(=O)C=Cc2sc3ccccc3c2Cl)oc1C. The van der Waals surface area contributed by atoms with Gasteiger partial charge in [0.05, 0.1) is 17.3 Å². The third-order valence-electron chi connectivity index (χ3n) is 3.43. The molecule has 118 valence electrons. The van der Waals surface area contributed by atoms with Crippen molar-refractivity contribution in [3.8, 4) is 0 Å². The maximum absolute atomic E-state index is 11.9. The molecule has 23 heavy (non-hydrogen) atoms. The van der Waals surface area contributed by atoms with E-state index in [9.17, 15) is 4.79 Å². The van der Waals surface area contributed by atoms with E-state index in [2.05, 4.69) is 10.3 Å². The standard InChI is InChI=1S/C17H15ClN2O2S/c1-10-11(2)22-16(20-10)9-19-15(21)8-7-14-17(18)12-5-3-4-6-13(12)23-14/h3-8H,9H2,1-2H3,(H,19,21). The number of nitrogens with one attached hydrogen (secondary N) is 1. The second kappa shape index (κ2) is 6.56. The topological polar surface area (TPSA) is 55.1 Å². The fourth-order valence-electron chi connectivity index (χ4n) is 2.13. The maximum Gasteiger partial charge on any atom is 0.244 e. The number of thiophene rings is 1. The molecule has 0 saturated heterocycles. The number of aromatic nitrogens is 1. The monoisotopic (exact) mass is 346 g/mol. The van der Waals surface area contributed by atoms with E-state index in [4.69, 9.17) is 16.0 Å². The number of amides is 1. The molecule has 1 N–H and O–H groups in total. The summed E-state index contributed by atoms with van der Waals surface area (Å²) < 4.78 is 6.52. The van der Waals surface area contributed by atoms with E-state index in [0.29, 0.717) is 10.9 Å². The van der Waals surface area contributed by atoms with Crippen LogP contribution in [0.25, 0.3) is 16.2 Å². The normalized spacial score (nSPS) is 11.4. The molecule has 0 saturated carbocycles. The number of fused-ring (bicyclic) bond motifs is 1. The summed E-state index contributed by atoms with van der Waals surface area (Å²) in [5.74, 6) is 1.05. The van der Waals surface area contributed by atoms with Crippen LogP contribution in [-0.2, 0) is 11.3 Å². The molecule has 2 aromatic heterocycles. The lowest BCUT2D eigenvalue weighted by molar-refractivity contribution is -0.116. The Morgan fingerprint density at radius 3 is 2.87 bits per heavy atom. The van der Waals surface area contributed by atoms with Gasteiger partial charge in [0.25, 0.3) is 0 Å². The van der Waals surface area contributed by atoms with Gasteiger partial charge in [-0.15, -0.1) is 11.3 Å². The summed E-state index contributed by atoms with van der Waals surface area (Å²) >= 11 is 7.89. The number of carbonyl (C=O) groups is 1. The van der Waals surface area contributed by atoms with Crippen LogP contribution in [0.5, 0.6) is 0 Å². The second-order valence-corrected chi connectivity index (χ2v) is 6.54. The minimum atomic E-state index is -0.216. The summed E-state index contributed by atoms with van der Waals surface area (Å²) in [5, 5.41) is 4.42. The predicted octanol–water partition coefficient (Wildman–Crippen LogP) is 4.49. The summed E-state index contributed by atoms with van der Waals surface area (Å²) in [4.78, 5) is 17.0. The van der Waals surface area contributed by atoms with Crippen molar-refractivity contribution in [1.82, 2.24) is 10.3 Å². The number of hydrogen-bond donors (Lipinski definition) is 1. The lowest BCUT2D eigenvalue weighted by Crippen LogP contribution is -2.20. The molecule has 0 fully saturated rings. The molecular formula is C17H15ClN2O2S. The van der Waals surface area contributed by atoms with Crippen molar-refractivity contribution >= 4 is 45.0 Å². The van der Waals surface area contributed by atoms with Crippen molar-refractivity contribution in [1.29, 1.82) is 0 Å². The van der Waals surface area contributed by atoms with Gasteiger partial charge in [0.1, 0.15) is 5.76 Å². The van der Waals surface area contributed by atoms with Crippen molar-refractivity contribution in [2.45, 2.75) is 20.4 Å². The quantitative estimate of drug-likeness (QED) is 0.708. The second-order valence-electron chi connectivity index (χ2n) is 5.08. The first-order valence-corrected chi connectivity index (χ1v) is 8.30. The van der Waals surface area contributed by atoms with Crippen LogP contribution >= 0.6 is 22.9 Å². The van der Waals surface area contributed by atoms with Gasteiger partial charge in [-0.3, -0.25) is 4.79 Å². The van der Waals surface area contributed by atoms with Crippen molar-refractivity contribution < 1.29 is 9.21 Å². The van der Waals surface area contributed by atoms with Crippen LogP contribution in [0.1, 0.15) is 22.2 Å². The van der Waals surface area contributed by atoms with Crippen LogP contribution < -0.4 is 5.32 Å². The highest BCUT2D eigenvalue weighted by Crippen LogP contribution is 2.35. The van der Waals surface area contributed by atoms with E-state index in [1.807, 2.05) is 38.1 Å². The van der Waals surface area contributed by atoms with Gasteiger partial charge in [0, 0.05) is 21.0 Å². The van der Waals surface area contributed by atoms with Crippen LogP contribution in [0.4, 0.5) is 0 Å². The number of oxazole rings is 1. The van der Waals surface area contributed by atoms with E-state index < -0.39 is 0 Å². The number of aryl methyl sites for hydroxylation is 2. The Balaban J connectivity index is 1.66.